The molecular weight excluding hydrogens is 264 g/mol. The smallest absolute Gasteiger partial charge is 0.0413 e. The lowest BCUT2D eigenvalue weighted by Crippen LogP contribution is -2.00. The summed E-state index contributed by atoms with van der Waals surface area (Å²) >= 11 is 3.48. The SMILES string of the molecule is Cc1cccc(NCc2ccncc2Br)c1. The third-order valence-corrected chi connectivity index (χ3v) is 3.07. The van der Waals surface area contributed by atoms with Gasteiger partial charge in [0.25, 0.3) is 0 Å². The highest BCUT2D eigenvalue weighted by atomic mass is 79.9. The first-order valence-corrected chi connectivity index (χ1v) is 5.94. The highest BCUT2D eigenvalue weighted by molar-refractivity contribution is 9.10. The number of pyridine rings is 1. The van der Waals surface area contributed by atoms with Crippen molar-refractivity contribution in [3.05, 3.63) is 58.3 Å². The van der Waals surface area contributed by atoms with Crippen molar-refractivity contribution < 1.29 is 0 Å². The maximum absolute atomic E-state index is 4.04. The highest BCUT2D eigenvalue weighted by Crippen LogP contribution is 2.17. The van der Waals surface area contributed by atoms with Gasteiger partial charge in [0.2, 0.25) is 0 Å². The third-order valence-electron chi connectivity index (χ3n) is 2.36. The van der Waals surface area contributed by atoms with E-state index >= 15 is 0 Å². The molecule has 1 aromatic heterocycles. The molecule has 1 N–H and O–H groups in total. The predicted octanol–water partition coefficient (Wildman–Crippen LogP) is 3.76. The molecule has 0 radical (unpaired) electrons. The minimum absolute atomic E-state index is 0.798. The van der Waals surface area contributed by atoms with E-state index in [-0.39, 0.29) is 0 Å². The number of benzene rings is 1. The molecule has 1 heterocycles. The monoisotopic (exact) mass is 276 g/mol. The molecule has 0 atom stereocenters. The van der Waals surface area contributed by atoms with Gasteiger partial charge in [-0.2, -0.15) is 0 Å². The zero-order valence-corrected chi connectivity index (χ0v) is 10.7. The summed E-state index contributed by atoms with van der Waals surface area (Å²) in [5.41, 5.74) is 3.61. The predicted molar refractivity (Wildman–Crippen MR) is 70.4 cm³/mol. The Morgan fingerprint density at radius 3 is 2.94 bits per heavy atom. The molecule has 0 aliphatic rings. The lowest BCUT2D eigenvalue weighted by atomic mass is 10.2. The molecular formula is C13H13BrN2. The molecule has 82 valence electrons. The summed E-state index contributed by atoms with van der Waals surface area (Å²) in [6, 6.07) is 10.4. The summed E-state index contributed by atoms with van der Waals surface area (Å²) in [6.07, 6.45) is 3.62. The van der Waals surface area contributed by atoms with Gasteiger partial charge >= 0.3 is 0 Å². The van der Waals surface area contributed by atoms with E-state index in [4.69, 9.17) is 0 Å². The van der Waals surface area contributed by atoms with Gasteiger partial charge in [-0.25, -0.2) is 0 Å². The normalized spacial score (nSPS) is 10.1. The quantitative estimate of drug-likeness (QED) is 0.923. The molecule has 0 saturated heterocycles. The number of rotatable bonds is 3. The molecule has 1 aromatic carbocycles. The number of aryl methyl sites for hydroxylation is 1. The maximum Gasteiger partial charge on any atom is 0.0413 e. The fraction of sp³-hybridized carbons (Fsp3) is 0.154. The Balaban J connectivity index is 2.05. The zero-order valence-electron chi connectivity index (χ0n) is 9.07. The lowest BCUT2D eigenvalue weighted by Gasteiger charge is -2.08. The molecule has 2 rings (SSSR count). The van der Waals surface area contributed by atoms with Crippen molar-refractivity contribution >= 4 is 21.6 Å². The average molecular weight is 277 g/mol. The zero-order chi connectivity index (χ0) is 11.4. The first-order chi connectivity index (χ1) is 7.75. The molecule has 0 aliphatic heterocycles. The number of hydrogen-bond acceptors (Lipinski definition) is 2. The van der Waals surface area contributed by atoms with E-state index in [1.54, 1.807) is 6.20 Å². The second kappa shape index (κ2) is 5.12. The van der Waals surface area contributed by atoms with Gasteiger partial charge in [0, 0.05) is 29.1 Å². The Kier molecular flexibility index (Phi) is 3.57. The molecule has 0 unspecified atom stereocenters. The van der Waals surface area contributed by atoms with Crippen LogP contribution in [0, 0.1) is 6.92 Å². The van der Waals surface area contributed by atoms with Gasteiger partial charge in [0.1, 0.15) is 0 Å². The highest BCUT2D eigenvalue weighted by Gasteiger charge is 1.98. The maximum atomic E-state index is 4.04. The van der Waals surface area contributed by atoms with E-state index in [9.17, 15) is 0 Å². The number of nitrogens with one attached hydrogen (secondary N) is 1. The van der Waals surface area contributed by atoms with Crippen LogP contribution in [0.1, 0.15) is 11.1 Å². The van der Waals surface area contributed by atoms with E-state index in [2.05, 4.69) is 57.4 Å². The van der Waals surface area contributed by atoms with Gasteiger partial charge in [-0.1, -0.05) is 12.1 Å². The van der Waals surface area contributed by atoms with Gasteiger partial charge in [0.15, 0.2) is 0 Å². The Labute approximate surface area is 104 Å². The van der Waals surface area contributed by atoms with E-state index < -0.39 is 0 Å². The molecule has 0 aliphatic carbocycles. The van der Waals surface area contributed by atoms with Crippen LogP contribution >= 0.6 is 15.9 Å². The van der Waals surface area contributed by atoms with Crippen LogP contribution in [0.4, 0.5) is 5.69 Å². The number of hydrogen-bond donors (Lipinski definition) is 1. The lowest BCUT2D eigenvalue weighted by molar-refractivity contribution is 1.11. The fourth-order valence-electron chi connectivity index (χ4n) is 1.50. The number of aromatic nitrogens is 1. The van der Waals surface area contributed by atoms with Gasteiger partial charge in [0.05, 0.1) is 0 Å². The van der Waals surface area contributed by atoms with Crippen LogP contribution in [0.2, 0.25) is 0 Å². The Morgan fingerprint density at radius 2 is 2.19 bits per heavy atom. The fourth-order valence-corrected chi connectivity index (χ4v) is 1.89. The molecule has 16 heavy (non-hydrogen) atoms. The second-order valence-electron chi connectivity index (χ2n) is 3.69. The molecule has 2 aromatic rings. The van der Waals surface area contributed by atoms with Crippen LogP contribution in [-0.2, 0) is 6.54 Å². The molecule has 0 bridgehead atoms. The number of anilines is 1. The van der Waals surface area contributed by atoms with E-state index in [0.717, 1.165) is 16.7 Å². The van der Waals surface area contributed by atoms with Crippen LogP contribution in [0.15, 0.2) is 47.2 Å². The van der Waals surface area contributed by atoms with Gasteiger partial charge in [-0.05, 0) is 52.2 Å². The first kappa shape index (κ1) is 11.1. The molecule has 2 nitrogen and oxygen atoms in total. The minimum Gasteiger partial charge on any atom is -0.381 e. The summed E-state index contributed by atoms with van der Waals surface area (Å²) in [5.74, 6) is 0. The minimum atomic E-state index is 0.798. The average Bonchev–Trinajstić information content (AvgIpc) is 2.28. The largest absolute Gasteiger partial charge is 0.381 e. The second-order valence-corrected chi connectivity index (χ2v) is 4.54. The standard InChI is InChI=1S/C13H13BrN2/c1-10-3-2-4-12(7-10)16-8-11-5-6-15-9-13(11)14/h2-7,9,16H,8H2,1H3. The van der Waals surface area contributed by atoms with Crippen molar-refractivity contribution in [2.45, 2.75) is 13.5 Å². The topological polar surface area (TPSA) is 24.9 Å². The third kappa shape index (κ3) is 2.83. The van der Waals surface area contributed by atoms with Crippen LogP contribution in [0.3, 0.4) is 0 Å². The van der Waals surface area contributed by atoms with Crippen molar-refractivity contribution in [3.63, 3.8) is 0 Å². The number of halogens is 1. The summed E-state index contributed by atoms with van der Waals surface area (Å²) < 4.78 is 1.04. The van der Waals surface area contributed by atoms with Crippen molar-refractivity contribution in [3.8, 4) is 0 Å². The van der Waals surface area contributed by atoms with E-state index in [1.165, 1.54) is 11.1 Å². The summed E-state index contributed by atoms with van der Waals surface area (Å²) in [5, 5.41) is 3.38. The van der Waals surface area contributed by atoms with E-state index in [0.29, 0.717) is 0 Å². The van der Waals surface area contributed by atoms with Crippen molar-refractivity contribution in [2.24, 2.45) is 0 Å². The van der Waals surface area contributed by atoms with Crippen LogP contribution in [0.25, 0.3) is 0 Å². The number of nitrogens with zero attached hydrogens (tertiary/aromatic N) is 1. The molecule has 0 spiro atoms. The van der Waals surface area contributed by atoms with Crippen molar-refractivity contribution in [1.82, 2.24) is 4.98 Å². The first-order valence-electron chi connectivity index (χ1n) is 5.14. The van der Waals surface area contributed by atoms with Gasteiger partial charge < -0.3 is 5.32 Å². The van der Waals surface area contributed by atoms with Crippen molar-refractivity contribution in [2.75, 3.05) is 5.32 Å². The van der Waals surface area contributed by atoms with Crippen molar-refractivity contribution in [1.29, 1.82) is 0 Å². The summed E-state index contributed by atoms with van der Waals surface area (Å²) in [7, 11) is 0. The summed E-state index contributed by atoms with van der Waals surface area (Å²) in [4.78, 5) is 4.04. The van der Waals surface area contributed by atoms with Gasteiger partial charge in [-0.3, -0.25) is 4.98 Å². The van der Waals surface area contributed by atoms with Crippen LogP contribution in [-0.4, -0.2) is 4.98 Å². The van der Waals surface area contributed by atoms with Crippen LogP contribution in [0.5, 0.6) is 0 Å². The molecule has 3 heteroatoms. The van der Waals surface area contributed by atoms with Gasteiger partial charge in [-0.15, -0.1) is 0 Å². The molecule has 0 amide bonds. The molecule has 0 fully saturated rings. The Morgan fingerprint density at radius 1 is 1.31 bits per heavy atom. The van der Waals surface area contributed by atoms with E-state index in [1.807, 2.05) is 12.3 Å². The summed E-state index contributed by atoms with van der Waals surface area (Å²) in [6.45, 7) is 2.89. The Bertz CT molecular complexity index is 483. The van der Waals surface area contributed by atoms with Crippen LogP contribution < -0.4 is 5.32 Å². The molecule has 0 saturated carbocycles. The Hall–Kier alpha value is -1.35.